The van der Waals surface area contributed by atoms with E-state index in [1.807, 2.05) is 39.0 Å². The first-order chi connectivity index (χ1) is 14.4. The van der Waals surface area contributed by atoms with Gasteiger partial charge in [-0.15, -0.1) is 11.8 Å². The minimum Gasteiger partial charge on any atom is -0.462 e. The number of thioether (sulfide) groups is 1. The number of rotatable bonds is 10. The molecule has 0 spiro atoms. The highest BCUT2D eigenvalue weighted by molar-refractivity contribution is 8.00. The van der Waals surface area contributed by atoms with Crippen molar-refractivity contribution in [1.29, 1.82) is 0 Å². The summed E-state index contributed by atoms with van der Waals surface area (Å²) in [6.07, 6.45) is 1.76. The maximum atomic E-state index is 12.1. The van der Waals surface area contributed by atoms with E-state index in [4.69, 9.17) is 4.74 Å². The van der Waals surface area contributed by atoms with Crippen molar-refractivity contribution in [3.8, 4) is 0 Å². The van der Waals surface area contributed by atoms with Crippen LogP contribution in [0.25, 0.3) is 0 Å². The highest BCUT2D eigenvalue weighted by Crippen LogP contribution is 2.15. The zero-order valence-corrected chi connectivity index (χ0v) is 18.4. The molecule has 2 rings (SSSR count). The molecule has 30 heavy (non-hydrogen) atoms. The van der Waals surface area contributed by atoms with Crippen LogP contribution >= 0.6 is 11.8 Å². The number of benzene rings is 2. The van der Waals surface area contributed by atoms with Crippen LogP contribution in [-0.2, 0) is 14.3 Å². The van der Waals surface area contributed by atoms with Crippen LogP contribution in [0, 0.1) is 13.8 Å². The SMILES string of the molecule is CCCCOC(=O)c1cccc(NC(=O)CSCC(=O)Nc2ccc(C)c(C)c2)c1. The fourth-order valence-corrected chi connectivity index (χ4v) is 3.18. The summed E-state index contributed by atoms with van der Waals surface area (Å²) in [7, 11) is 0. The van der Waals surface area contributed by atoms with Crippen molar-refractivity contribution in [2.24, 2.45) is 0 Å². The number of ether oxygens (including phenoxy) is 1. The fraction of sp³-hybridized carbons (Fsp3) is 0.348. The van der Waals surface area contributed by atoms with Crippen molar-refractivity contribution in [2.45, 2.75) is 33.6 Å². The molecule has 6 nitrogen and oxygen atoms in total. The lowest BCUT2D eigenvalue weighted by molar-refractivity contribution is -0.114. The third-order valence-electron chi connectivity index (χ3n) is 4.37. The van der Waals surface area contributed by atoms with Crippen LogP contribution in [0.5, 0.6) is 0 Å². The van der Waals surface area contributed by atoms with E-state index in [0.29, 0.717) is 17.9 Å². The molecule has 0 saturated carbocycles. The summed E-state index contributed by atoms with van der Waals surface area (Å²) in [5.41, 5.74) is 3.93. The molecule has 7 heteroatoms. The Hall–Kier alpha value is -2.80. The fourth-order valence-electron chi connectivity index (χ4n) is 2.57. The molecule has 0 heterocycles. The van der Waals surface area contributed by atoms with Crippen molar-refractivity contribution in [2.75, 3.05) is 28.7 Å². The molecule has 2 aromatic carbocycles. The number of amides is 2. The van der Waals surface area contributed by atoms with Gasteiger partial charge in [-0.1, -0.05) is 25.5 Å². The molecule has 0 atom stereocenters. The van der Waals surface area contributed by atoms with Gasteiger partial charge in [-0.25, -0.2) is 4.79 Å². The van der Waals surface area contributed by atoms with Crippen LogP contribution in [0.15, 0.2) is 42.5 Å². The Morgan fingerprint density at radius 2 is 1.57 bits per heavy atom. The van der Waals surface area contributed by atoms with Gasteiger partial charge in [0.1, 0.15) is 0 Å². The van der Waals surface area contributed by atoms with E-state index < -0.39 is 5.97 Å². The number of unbranched alkanes of at least 4 members (excludes halogenated alkanes) is 1. The number of nitrogens with one attached hydrogen (secondary N) is 2. The summed E-state index contributed by atoms with van der Waals surface area (Å²) in [6.45, 7) is 6.41. The van der Waals surface area contributed by atoms with Crippen LogP contribution < -0.4 is 10.6 Å². The zero-order chi connectivity index (χ0) is 21.9. The largest absolute Gasteiger partial charge is 0.462 e. The number of hydrogen-bond acceptors (Lipinski definition) is 5. The summed E-state index contributed by atoms with van der Waals surface area (Å²) in [5, 5.41) is 5.57. The Balaban J connectivity index is 1.76. The van der Waals surface area contributed by atoms with Gasteiger partial charge in [-0.05, 0) is 61.7 Å². The topological polar surface area (TPSA) is 84.5 Å². The third kappa shape index (κ3) is 7.91. The van der Waals surface area contributed by atoms with Crippen molar-refractivity contribution in [3.05, 3.63) is 59.2 Å². The zero-order valence-electron chi connectivity index (χ0n) is 17.6. The number of aryl methyl sites for hydroxylation is 2. The Morgan fingerprint density at radius 1 is 0.900 bits per heavy atom. The molecule has 0 fully saturated rings. The molecule has 2 N–H and O–H groups in total. The van der Waals surface area contributed by atoms with Crippen molar-refractivity contribution in [1.82, 2.24) is 0 Å². The van der Waals surface area contributed by atoms with Crippen LogP contribution in [0.1, 0.15) is 41.3 Å². The summed E-state index contributed by atoms with van der Waals surface area (Å²) < 4.78 is 5.18. The standard InChI is InChI=1S/C23H28N2O4S/c1-4-5-11-29-23(28)18-7-6-8-19(13-18)24-21(26)14-30-15-22(27)25-20-10-9-16(2)17(3)12-20/h6-10,12-13H,4-5,11,14-15H2,1-3H3,(H,24,26)(H,25,27). The number of carbonyl (C=O) groups excluding carboxylic acids is 3. The highest BCUT2D eigenvalue weighted by Gasteiger charge is 2.10. The number of carbonyl (C=O) groups is 3. The lowest BCUT2D eigenvalue weighted by Gasteiger charge is -2.09. The van der Waals surface area contributed by atoms with Crippen LogP contribution in [0.2, 0.25) is 0 Å². The Kier molecular flexibility index (Phi) is 9.41. The quantitative estimate of drug-likeness (QED) is 0.428. The smallest absolute Gasteiger partial charge is 0.338 e. The number of esters is 1. The van der Waals surface area contributed by atoms with E-state index in [-0.39, 0.29) is 23.3 Å². The molecule has 0 bridgehead atoms. The van der Waals surface area contributed by atoms with Gasteiger partial charge in [0.15, 0.2) is 0 Å². The second-order valence-electron chi connectivity index (χ2n) is 6.96. The van der Waals surface area contributed by atoms with Crippen molar-refractivity contribution in [3.63, 3.8) is 0 Å². The minimum atomic E-state index is -0.406. The molecule has 0 unspecified atom stereocenters. The average molecular weight is 429 g/mol. The first kappa shape index (κ1) is 23.5. The molecular formula is C23H28N2O4S. The second kappa shape index (κ2) is 12.0. The molecule has 0 aliphatic rings. The maximum absolute atomic E-state index is 12.1. The molecule has 0 aliphatic carbocycles. The minimum absolute atomic E-state index is 0.130. The normalized spacial score (nSPS) is 10.4. The predicted octanol–water partition coefficient (Wildman–Crippen LogP) is 4.57. The average Bonchev–Trinajstić information content (AvgIpc) is 2.71. The third-order valence-corrected chi connectivity index (χ3v) is 5.30. The summed E-state index contributed by atoms with van der Waals surface area (Å²) in [6, 6.07) is 12.4. The lowest BCUT2D eigenvalue weighted by atomic mass is 10.1. The van der Waals surface area contributed by atoms with Gasteiger partial charge < -0.3 is 15.4 Å². The van der Waals surface area contributed by atoms with E-state index in [9.17, 15) is 14.4 Å². The molecular weight excluding hydrogens is 400 g/mol. The molecule has 160 valence electrons. The number of hydrogen-bond donors (Lipinski definition) is 2. The van der Waals surface area contributed by atoms with Gasteiger partial charge in [-0.2, -0.15) is 0 Å². The summed E-state index contributed by atoms with van der Waals surface area (Å²) in [4.78, 5) is 36.2. The van der Waals surface area contributed by atoms with E-state index in [1.54, 1.807) is 24.3 Å². The molecule has 2 amide bonds. The molecule has 0 aromatic heterocycles. The van der Waals surface area contributed by atoms with Gasteiger partial charge in [0, 0.05) is 11.4 Å². The Bertz CT molecular complexity index is 899. The molecule has 0 saturated heterocycles. The van der Waals surface area contributed by atoms with Gasteiger partial charge in [0.2, 0.25) is 11.8 Å². The van der Waals surface area contributed by atoms with Crippen LogP contribution in [0.4, 0.5) is 11.4 Å². The molecule has 0 aliphatic heterocycles. The monoisotopic (exact) mass is 428 g/mol. The van der Waals surface area contributed by atoms with Gasteiger partial charge in [-0.3, -0.25) is 9.59 Å². The molecule has 0 radical (unpaired) electrons. The molecule has 2 aromatic rings. The van der Waals surface area contributed by atoms with Gasteiger partial charge in [0.25, 0.3) is 0 Å². The van der Waals surface area contributed by atoms with E-state index >= 15 is 0 Å². The number of anilines is 2. The van der Waals surface area contributed by atoms with E-state index in [1.165, 1.54) is 11.8 Å². The van der Waals surface area contributed by atoms with E-state index in [2.05, 4.69) is 10.6 Å². The summed E-state index contributed by atoms with van der Waals surface area (Å²) in [5.74, 6) is -0.504. The maximum Gasteiger partial charge on any atom is 0.338 e. The summed E-state index contributed by atoms with van der Waals surface area (Å²) >= 11 is 1.22. The van der Waals surface area contributed by atoms with Gasteiger partial charge >= 0.3 is 5.97 Å². The predicted molar refractivity (Wildman–Crippen MR) is 122 cm³/mol. The Morgan fingerprint density at radius 3 is 2.20 bits per heavy atom. The van der Waals surface area contributed by atoms with Crippen molar-refractivity contribution < 1.29 is 19.1 Å². The highest BCUT2D eigenvalue weighted by atomic mass is 32.2. The first-order valence-corrected chi connectivity index (χ1v) is 11.1. The lowest BCUT2D eigenvalue weighted by Crippen LogP contribution is -2.18. The first-order valence-electron chi connectivity index (χ1n) is 9.91. The second-order valence-corrected chi connectivity index (χ2v) is 7.94. The Labute approximate surface area is 181 Å². The van der Waals surface area contributed by atoms with Crippen LogP contribution in [-0.4, -0.2) is 35.9 Å². The van der Waals surface area contributed by atoms with E-state index in [0.717, 1.165) is 29.7 Å². The van der Waals surface area contributed by atoms with Gasteiger partial charge in [0.05, 0.1) is 23.7 Å². The van der Waals surface area contributed by atoms with Crippen molar-refractivity contribution >= 4 is 40.9 Å². The van der Waals surface area contributed by atoms with Crippen LogP contribution in [0.3, 0.4) is 0 Å².